The van der Waals surface area contributed by atoms with Crippen LogP contribution in [0.25, 0.3) is 0 Å². The highest BCUT2D eigenvalue weighted by Gasteiger charge is 2.29. The molecule has 1 heterocycles. The lowest BCUT2D eigenvalue weighted by Gasteiger charge is -2.22. The summed E-state index contributed by atoms with van der Waals surface area (Å²) in [5.74, 6) is 0.548. The molecule has 0 saturated heterocycles. The van der Waals surface area contributed by atoms with E-state index >= 15 is 0 Å². The predicted octanol–water partition coefficient (Wildman–Crippen LogP) is -0.877. The Morgan fingerprint density at radius 3 is 2.50 bits per heavy atom. The zero-order valence-electron chi connectivity index (χ0n) is 9.93. The third kappa shape index (κ3) is 3.24. The molecule has 0 radical (unpaired) electrons. The molecule has 1 aromatic rings. The Labute approximate surface area is 95.1 Å². The molecular weight excluding hydrogens is 230 g/mol. The molecule has 0 saturated carbocycles. The van der Waals surface area contributed by atoms with Crippen LogP contribution in [0.2, 0.25) is 0 Å². The first kappa shape index (κ1) is 13.0. The van der Waals surface area contributed by atoms with Gasteiger partial charge in [0.25, 0.3) is 0 Å². The van der Waals surface area contributed by atoms with Gasteiger partial charge in [0.05, 0.1) is 18.3 Å². The molecule has 1 N–H and O–H groups in total. The summed E-state index contributed by atoms with van der Waals surface area (Å²) < 4.78 is 22.0. The van der Waals surface area contributed by atoms with Crippen LogP contribution in [0, 0.1) is 0 Å². The van der Waals surface area contributed by atoms with E-state index in [0.717, 1.165) is 0 Å². The highest BCUT2D eigenvalue weighted by atomic mass is 32.2. The van der Waals surface area contributed by atoms with E-state index in [1.54, 1.807) is 20.9 Å². The molecular formula is C8H17N5O2S. The van der Waals surface area contributed by atoms with Crippen LogP contribution >= 0.6 is 0 Å². The van der Waals surface area contributed by atoms with Gasteiger partial charge in [0.1, 0.15) is 0 Å². The first-order chi connectivity index (χ1) is 7.22. The van der Waals surface area contributed by atoms with E-state index in [1.807, 2.05) is 0 Å². The fourth-order valence-corrected chi connectivity index (χ4v) is 1.36. The molecule has 1 aromatic heterocycles. The van der Waals surface area contributed by atoms with Crippen LogP contribution in [-0.4, -0.2) is 46.2 Å². The fraction of sp³-hybridized carbons (Fsp3) is 0.875. The van der Waals surface area contributed by atoms with Gasteiger partial charge in [-0.3, -0.25) is 0 Å². The molecule has 1 rings (SSSR count). The molecule has 0 aromatic carbocycles. The van der Waals surface area contributed by atoms with E-state index in [4.69, 9.17) is 0 Å². The highest BCUT2D eigenvalue weighted by Crippen LogP contribution is 2.13. The van der Waals surface area contributed by atoms with Crippen molar-refractivity contribution in [2.75, 3.05) is 12.8 Å². The van der Waals surface area contributed by atoms with Crippen molar-refractivity contribution in [1.82, 2.24) is 25.5 Å². The lowest BCUT2D eigenvalue weighted by atomic mass is 10.2. The predicted molar refractivity (Wildman–Crippen MR) is 59.4 cm³/mol. The van der Waals surface area contributed by atoms with Gasteiger partial charge in [-0.1, -0.05) is 0 Å². The van der Waals surface area contributed by atoms with Gasteiger partial charge >= 0.3 is 0 Å². The van der Waals surface area contributed by atoms with Crippen molar-refractivity contribution in [1.29, 1.82) is 0 Å². The fourth-order valence-electron chi connectivity index (χ4n) is 1.00. The Kier molecular flexibility index (Phi) is 3.64. The van der Waals surface area contributed by atoms with Crippen molar-refractivity contribution < 1.29 is 8.42 Å². The number of sulfone groups is 1. The van der Waals surface area contributed by atoms with Crippen molar-refractivity contribution in [3.63, 3.8) is 0 Å². The molecule has 0 aliphatic heterocycles. The maximum absolute atomic E-state index is 11.4. The third-order valence-corrected chi connectivity index (χ3v) is 4.54. The van der Waals surface area contributed by atoms with Crippen LogP contribution in [0.15, 0.2) is 0 Å². The molecule has 0 aliphatic carbocycles. The van der Waals surface area contributed by atoms with Crippen molar-refractivity contribution >= 4 is 9.84 Å². The number of hydrogen-bond donors (Lipinski definition) is 1. The van der Waals surface area contributed by atoms with Gasteiger partial charge in [-0.25, -0.2) is 8.42 Å². The number of nitrogens with zero attached hydrogens (tertiary/aromatic N) is 4. The third-order valence-electron chi connectivity index (χ3n) is 2.39. The van der Waals surface area contributed by atoms with Gasteiger partial charge in [-0.05, 0) is 19.1 Å². The second-order valence-electron chi connectivity index (χ2n) is 4.33. The van der Waals surface area contributed by atoms with E-state index in [1.165, 1.54) is 11.1 Å². The molecule has 16 heavy (non-hydrogen) atoms. The summed E-state index contributed by atoms with van der Waals surface area (Å²) in [4.78, 5) is 1.36. The average molecular weight is 247 g/mol. The smallest absolute Gasteiger partial charge is 0.188 e. The summed E-state index contributed by atoms with van der Waals surface area (Å²) in [6, 6.07) is 0. The molecule has 0 amide bonds. The molecule has 0 aliphatic rings. The zero-order chi connectivity index (χ0) is 12.4. The Hall–Kier alpha value is -1.02. The van der Waals surface area contributed by atoms with Gasteiger partial charge < -0.3 is 5.32 Å². The summed E-state index contributed by atoms with van der Waals surface area (Å²) >= 11 is 0. The summed E-state index contributed by atoms with van der Waals surface area (Å²) in [6.07, 6.45) is 1.23. The van der Waals surface area contributed by atoms with E-state index in [2.05, 4.69) is 20.7 Å². The van der Waals surface area contributed by atoms with Gasteiger partial charge in [0.2, 0.25) is 0 Å². The van der Waals surface area contributed by atoms with Crippen LogP contribution in [0.3, 0.4) is 0 Å². The summed E-state index contributed by atoms with van der Waals surface area (Å²) in [5, 5.41) is 14.4. The maximum atomic E-state index is 11.4. The van der Waals surface area contributed by atoms with Crippen LogP contribution in [0.5, 0.6) is 0 Å². The first-order valence-corrected chi connectivity index (χ1v) is 6.75. The summed E-state index contributed by atoms with van der Waals surface area (Å²) in [7, 11) is -1.40. The summed E-state index contributed by atoms with van der Waals surface area (Å²) in [6.45, 7) is 4.12. The molecule has 0 bridgehead atoms. The van der Waals surface area contributed by atoms with E-state index in [9.17, 15) is 8.42 Å². The minimum absolute atomic E-state index is 0.351. The second-order valence-corrected chi connectivity index (χ2v) is 6.98. The standard InChI is InChI=1S/C8H17N5O2S/c1-8(2,16(4,14)15)6-9-5-7-10-12-13(3)11-7/h9H,5-6H2,1-4H3. The molecule has 0 unspecified atom stereocenters. The largest absolute Gasteiger partial charge is 0.308 e. The molecule has 0 atom stereocenters. The minimum atomic E-state index is -3.08. The van der Waals surface area contributed by atoms with Crippen molar-refractivity contribution in [2.45, 2.75) is 25.1 Å². The molecule has 8 heteroatoms. The highest BCUT2D eigenvalue weighted by molar-refractivity contribution is 7.92. The number of tetrazole rings is 1. The number of aryl methyl sites for hydroxylation is 1. The van der Waals surface area contributed by atoms with Crippen molar-refractivity contribution in [3.8, 4) is 0 Å². The molecule has 0 spiro atoms. The van der Waals surface area contributed by atoms with Crippen LogP contribution in [-0.2, 0) is 23.4 Å². The zero-order valence-corrected chi connectivity index (χ0v) is 10.7. The Bertz CT molecular complexity index is 451. The number of aromatic nitrogens is 4. The molecule has 7 nitrogen and oxygen atoms in total. The lowest BCUT2D eigenvalue weighted by Crippen LogP contribution is -2.41. The maximum Gasteiger partial charge on any atom is 0.188 e. The first-order valence-electron chi connectivity index (χ1n) is 4.85. The normalized spacial score (nSPS) is 13.0. The van der Waals surface area contributed by atoms with E-state index < -0.39 is 14.6 Å². The van der Waals surface area contributed by atoms with Crippen LogP contribution in [0.1, 0.15) is 19.7 Å². The lowest BCUT2D eigenvalue weighted by molar-refractivity contribution is 0.516. The van der Waals surface area contributed by atoms with Crippen LogP contribution in [0.4, 0.5) is 0 Å². The van der Waals surface area contributed by atoms with Crippen molar-refractivity contribution in [3.05, 3.63) is 5.82 Å². The monoisotopic (exact) mass is 247 g/mol. The summed E-state index contributed by atoms with van der Waals surface area (Å²) in [5.41, 5.74) is 0. The quantitative estimate of drug-likeness (QED) is 0.727. The SMILES string of the molecule is Cn1nnc(CNCC(C)(C)S(C)(=O)=O)n1. The van der Waals surface area contributed by atoms with Gasteiger partial charge in [0, 0.05) is 12.8 Å². The minimum Gasteiger partial charge on any atom is -0.308 e. The van der Waals surface area contributed by atoms with Gasteiger partial charge in [-0.2, -0.15) is 4.80 Å². The van der Waals surface area contributed by atoms with Gasteiger partial charge in [0.15, 0.2) is 15.7 Å². The topological polar surface area (TPSA) is 89.8 Å². The average Bonchev–Trinajstić information content (AvgIpc) is 2.49. The number of nitrogens with one attached hydrogen (secondary N) is 1. The molecule has 0 fully saturated rings. The van der Waals surface area contributed by atoms with E-state index in [-0.39, 0.29) is 0 Å². The Morgan fingerprint density at radius 1 is 1.44 bits per heavy atom. The Balaban J connectivity index is 2.48. The van der Waals surface area contributed by atoms with Gasteiger partial charge in [-0.15, -0.1) is 10.2 Å². The van der Waals surface area contributed by atoms with E-state index in [0.29, 0.717) is 18.9 Å². The molecule has 92 valence electrons. The second kappa shape index (κ2) is 4.46. The number of hydrogen-bond acceptors (Lipinski definition) is 6. The van der Waals surface area contributed by atoms with Crippen molar-refractivity contribution in [2.24, 2.45) is 7.05 Å². The Morgan fingerprint density at radius 2 is 2.06 bits per heavy atom. The van der Waals surface area contributed by atoms with Crippen LogP contribution < -0.4 is 5.32 Å². The number of rotatable bonds is 5.